The monoisotopic (exact) mass is 242 g/mol. The Morgan fingerprint density at radius 1 is 1.06 bits per heavy atom. The van der Waals surface area contributed by atoms with Gasteiger partial charge >= 0.3 is 0 Å². The topological polar surface area (TPSA) is 17.1 Å². The minimum absolute atomic E-state index is 0.770. The van der Waals surface area contributed by atoms with E-state index < -0.39 is 0 Å². The molecule has 86 valence electrons. The van der Waals surface area contributed by atoms with Crippen LogP contribution in [0.5, 0.6) is 0 Å². The standard InChI is InChI=1S/C15H14OS/c1-12-6-2-3-8-14(12)11-17-15-9-5-4-7-13(15)10-16/h2-10H,11H2,1H3. The van der Waals surface area contributed by atoms with Crippen LogP contribution in [0, 0.1) is 6.92 Å². The maximum absolute atomic E-state index is 10.9. The number of aryl methyl sites for hydroxylation is 1. The summed E-state index contributed by atoms with van der Waals surface area (Å²) in [5.41, 5.74) is 3.38. The molecule has 2 aromatic rings. The zero-order valence-corrected chi connectivity index (χ0v) is 10.5. The molecule has 0 atom stereocenters. The average molecular weight is 242 g/mol. The zero-order valence-electron chi connectivity index (χ0n) is 9.72. The second-order valence-corrected chi connectivity index (χ2v) is 4.89. The molecule has 0 spiro atoms. The van der Waals surface area contributed by atoms with Crippen LogP contribution in [-0.4, -0.2) is 6.29 Å². The van der Waals surface area contributed by atoms with Gasteiger partial charge in [0.1, 0.15) is 0 Å². The van der Waals surface area contributed by atoms with Crippen LogP contribution in [0.4, 0.5) is 0 Å². The summed E-state index contributed by atoms with van der Waals surface area (Å²) in [6.45, 7) is 2.11. The van der Waals surface area contributed by atoms with Crippen LogP contribution in [0.1, 0.15) is 21.5 Å². The first-order valence-electron chi connectivity index (χ1n) is 5.53. The van der Waals surface area contributed by atoms with Crippen molar-refractivity contribution in [2.45, 2.75) is 17.6 Å². The molecule has 17 heavy (non-hydrogen) atoms. The predicted molar refractivity (Wildman–Crippen MR) is 72.6 cm³/mol. The van der Waals surface area contributed by atoms with Crippen molar-refractivity contribution in [2.24, 2.45) is 0 Å². The SMILES string of the molecule is Cc1ccccc1CSc1ccccc1C=O. The van der Waals surface area contributed by atoms with Crippen LogP contribution in [0.15, 0.2) is 53.4 Å². The summed E-state index contributed by atoms with van der Waals surface area (Å²) in [4.78, 5) is 11.9. The third-order valence-corrected chi connectivity index (χ3v) is 3.83. The Bertz CT molecular complexity index is 520. The molecule has 0 aliphatic carbocycles. The Labute approximate surface area is 106 Å². The van der Waals surface area contributed by atoms with E-state index in [0.717, 1.165) is 22.5 Å². The van der Waals surface area contributed by atoms with Gasteiger partial charge in [0.05, 0.1) is 0 Å². The molecule has 0 saturated carbocycles. The first-order chi connectivity index (χ1) is 8.31. The fraction of sp³-hybridized carbons (Fsp3) is 0.133. The number of hydrogen-bond acceptors (Lipinski definition) is 2. The van der Waals surface area contributed by atoms with Gasteiger partial charge in [-0.15, -0.1) is 11.8 Å². The lowest BCUT2D eigenvalue weighted by molar-refractivity contribution is 0.112. The normalized spacial score (nSPS) is 10.2. The molecule has 0 bridgehead atoms. The number of aldehydes is 1. The number of thioether (sulfide) groups is 1. The zero-order chi connectivity index (χ0) is 12.1. The van der Waals surface area contributed by atoms with Crippen molar-refractivity contribution in [3.8, 4) is 0 Å². The van der Waals surface area contributed by atoms with Crippen LogP contribution in [0.3, 0.4) is 0 Å². The molecular formula is C15H14OS. The number of carbonyl (C=O) groups excluding carboxylic acids is 1. The quantitative estimate of drug-likeness (QED) is 0.593. The minimum Gasteiger partial charge on any atom is -0.298 e. The molecule has 0 radical (unpaired) electrons. The number of benzene rings is 2. The Morgan fingerprint density at radius 2 is 1.76 bits per heavy atom. The highest BCUT2D eigenvalue weighted by molar-refractivity contribution is 7.98. The summed E-state index contributed by atoms with van der Waals surface area (Å²) in [5, 5.41) is 0. The smallest absolute Gasteiger partial charge is 0.151 e. The lowest BCUT2D eigenvalue weighted by Crippen LogP contribution is -1.88. The third-order valence-electron chi connectivity index (χ3n) is 2.69. The number of rotatable bonds is 4. The molecular weight excluding hydrogens is 228 g/mol. The molecule has 0 saturated heterocycles. The second kappa shape index (κ2) is 5.69. The molecule has 0 amide bonds. The maximum Gasteiger partial charge on any atom is 0.151 e. The Kier molecular flexibility index (Phi) is 3.99. The molecule has 0 N–H and O–H groups in total. The van der Waals surface area contributed by atoms with Gasteiger partial charge in [-0.3, -0.25) is 4.79 Å². The van der Waals surface area contributed by atoms with Gasteiger partial charge in [-0.25, -0.2) is 0 Å². The van der Waals surface area contributed by atoms with Gasteiger partial charge in [0.15, 0.2) is 6.29 Å². The van der Waals surface area contributed by atoms with E-state index in [0.29, 0.717) is 0 Å². The van der Waals surface area contributed by atoms with E-state index in [9.17, 15) is 4.79 Å². The highest BCUT2D eigenvalue weighted by Crippen LogP contribution is 2.26. The van der Waals surface area contributed by atoms with Gasteiger partial charge in [0.25, 0.3) is 0 Å². The molecule has 0 aromatic heterocycles. The Morgan fingerprint density at radius 3 is 2.53 bits per heavy atom. The van der Waals surface area contributed by atoms with Crippen molar-refractivity contribution in [2.75, 3.05) is 0 Å². The number of hydrogen-bond donors (Lipinski definition) is 0. The fourth-order valence-corrected chi connectivity index (χ4v) is 2.73. The minimum atomic E-state index is 0.770. The summed E-state index contributed by atoms with van der Waals surface area (Å²) in [7, 11) is 0. The van der Waals surface area contributed by atoms with Crippen LogP contribution in [-0.2, 0) is 5.75 Å². The van der Waals surface area contributed by atoms with E-state index in [4.69, 9.17) is 0 Å². The lowest BCUT2D eigenvalue weighted by atomic mass is 10.1. The molecule has 0 aliphatic rings. The van der Waals surface area contributed by atoms with Crippen LogP contribution >= 0.6 is 11.8 Å². The maximum atomic E-state index is 10.9. The van der Waals surface area contributed by atoms with Gasteiger partial charge in [-0.1, -0.05) is 42.5 Å². The van der Waals surface area contributed by atoms with Crippen LogP contribution < -0.4 is 0 Å². The van der Waals surface area contributed by atoms with Crippen molar-refractivity contribution in [3.05, 3.63) is 65.2 Å². The van der Waals surface area contributed by atoms with Crippen molar-refractivity contribution in [1.29, 1.82) is 0 Å². The Balaban J connectivity index is 2.13. The summed E-state index contributed by atoms with van der Waals surface area (Å²) in [5.74, 6) is 0.900. The van der Waals surface area contributed by atoms with Gasteiger partial charge < -0.3 is 0 Å². The van der Waals surface area contributed by atoms with Crippen molar-refractivity contribution in [1.82, 2.24) is 0 Å². The van der Waals surface area contributed by atoms with E-state index in [1.54, 1.807) is 11.8 Å². The molecule has 0 aliphatic heterocycles. The third kappa shape index (κ3) is 2.98. The van der Waals surface area contributed by atoms with E-state index >= 15 is 0 Å². The summed E-state index contributed by atoms with van der Waals surface area (Å²) in [6.07, 6.45) is 0.917. The lowest BCUT2D eigenvalue weighted by Gasteiger charge is -2.06. The molecule has 2 heteroatoms. The molecule has 1 nitrogen and oxygen atoms in total. The van der Waals surface area contributed by atoms with Gasteiger partial charge in [-0.2, -0.15) is 0 Å². The van der Waals surface area contributed by atoms with Crippen molar-refractivity contribution in [3.63, 3.8) is 0 Å². The van der Waals surface area contributed by atoms with Crippen LogP contribution in [0.2, 0.25) is 0 Å². The fourth-order valence-electron chi connectivity index (χ4n) is 1.64. The number of carbonyl (C=O) groups is 1. The summed E-state index contributed by atoms with van der Waals surface area (Å²) >= 11 is 1.71. The van der Waals surface area contributed by atoms with Crippen molar-refractivity contribution >= 4 is 18.0 Å². The van der Waals surface area contributed by atoms with Crippen LogP contribution in [0.25, 0.3) is 0 Å². The molecule has 0 unspecified atom stereocenters. The van der Waals surface area contributed by atoms with E-state index in [1.165, 1.54) is 11.1 Å². The molecule has 0 heterocycles. The van der Waals surface area contributed by atoms with Gasteiger partial charge in [0, 0.05) is 16.2 Å². The molecule has 2 rings (SSSR count). The van der Waals surface area contributed by atoms with Gasteiger partial charge in [-0.05, 0) is 24.1 Å². The van der Waals surface area contributed by atoms with E-state index in [2.05, 4.69) is 25.1 Å². The van der Waals surface area contributed by atoms with E-state index in [-0.39, 0.29) is 0 Å². The largest absolute Gasteiger partial charge is 0.298 e. The molecule has 0 fully saturated rings. The first-order valence-corrected chi connectivity index (χ1v) is 6.51. The van der Waals surface area contributed by atoms with Gasteiger partial charge in [0.2, 0.25) is 0 Å². The highest BCUT2D eigenvalue weighted by atomic mass is 32.2. The van der Waals surface area contributed by atoms with E-state index in [1.807, 2.05) is 30.3 Å². The summed E-state index contributed by atoms with van der Waals surface area (Å²) in [6, 6.07) is 16.0. The predicted octanol–water partition coefficient (Wildman–Crippen LogP) is 4.10. The molecule has 2 aromatic carbocycles. The second-order valence-electron chi connectivity index (χ2n) is 3.87. The first kappa shape index (κ1) is 11.9. The highest BCUT2D eigenvalue weighted by Gasteiger charge is 2.03. The Hall–Kier alpha value is -1.54. The van der Waals surface area contributed by atoms with Crippen molar-refractivity contribution < 1.29 is 4.79 Å². The summed E-state index contributed by atoms with van der Waals surface area (Å²) < 4.78 is 0. The average Bonchev–Trinajstić information content (AvgIpc) is 2.38.